The van der Waals surface area contributed by atoms with Gasteiger partial charge in [0.05, 0.1) is 4.88 Å². The van der Waals surface area contributed by atoms with E-state index in [4.69, 9.17) is 10.5 Å². The molecule has 19 heavy (non-hydrogen) atoms. The molecule has 3 nitrogen and oxygen atoms in total. The van der Waals surface area contributed by atoms with Crippen molar-refractivity contribution in [1.82, 2.24) is 4.90 Å². The number of ether oxygens (including phenoxy) is 1. The summed E-state index contributed by atoms with van der Waals surface area (Å²) in [4.78, 5) is 3.71. The Bertz CT molecular complexity index is 376. The van der Waals surface area contributed by atoms with Crippen LogP contribution in [0.5, 0.6) is 5.75 Å². The van der Waals surface area contributed by atoms with Gasteiger partial charge in [-0.1, -0.05) is 20.3 Å². The second kappa shape index (κ2) is 7.27. The molecular formula is C15H26N2OS. The first kappa shape index (κ1) is 14.8. The molecule has 0 radical (unpaired) electrons. The molecule has 2 unspecified atom stereocenters. The molecule has 1 aromatic rings. The van der Waals surface area contributed by atoms with Crippen molar-refractivity contribution < 1.29 is 4.74 Å². The summed E-state index contributed by atoms with van der Waals surface area (Å²) in [7, 11) is 0. The summed E-state index contributed by atoms with van der Waals surface area (Å²) in [5.74, 6) is 1.01. The van der Waals surface area contributed by atoms with Crippen LogP contribution >= 0.6 is 11.3 Å². The minimum absolute atomic E-state index is 0.327. The van der Waals surface area contributed by atoms with E-state index < -0.39 is 0 Å². The van der Waals surface area contributed by atoms with E-state index in [9.17, 15) is 0 Å². The molecule has 0 amide bonds. The lowest BCUT2D eigenvalue weighted by atomic mass is 9.91. The highest BCUT2D eigenvalue weighted by Gasteiger charge is 2.30. The zero-order valence-corrected chi connectivity index (χ0v) is 12.9. The molecule has 1 aromatic heterocycles. The van der Waals surface area contributed by atoms with Crippen molar-refractivity contribution >= 4 is 11.3 Å². The topological polar surface area (TPSA) is 38.5 Å². The molecule has 1 aliphatic rings. The molecule has 1 fully saturated rings. The molecule has 0 aliphatic heterocycles. The highest BCUT2D eigenvalue weighted by Crippen LogP contribution is 2.31. The minimum Gasteiger partial charge on any atom is -0.488 e. The van der Waals surface area contributed by atoms with Crippen molar-refractivity contribution in [1.29, 1.82) is 0 Å². The minimum atomic E-state index is 0.327. The van der Waals surface area contributed by atoms with Crippen LogP contribution in [0, 0.1) is 0 Å². The van der Waals surface area contributed by atoms with Crippen LogP contribution in [-0.4, -0.2) is 30.1 Å². The summed E-state index contributed by atoms with van der Waals surface area (Å²) in [6, 6.07) is 2.63. The molecule has 1 heterocycles. The first-order valence-electron chi connectivity index (χ1n) is 7.47. The molecule has 2 N–H and O–H groups in total. The van der Waals surface area contributed by atoms with Gasteiger partial charge in [-0.15, -0.1) is 11.3 Å². The van der Waals surface area contributed by atoms with Gasteiger partial charge in [0, 0.05) is 12.6 Å². The Morgan fingerprint density at radius 3 is 2.74 bits per heavy atom. The largest absolute Gasteiger partial charge is 0.488 e. The standard InChI is InChI=1S/C15H26N2OS/c1-3-17(4-2)12-7-5-6-8-13(12)18-14-9-10-19-15(14)11-16/h9-10,12-13H,3-8,11,16H2,1-2H3. The fraction of sp³-hybridized carbons (Fsp3) is 0.733. The van der Waals surface area contributed by atoms with E-state index in [1.807, 2.05) is 0 Å². The Morgan fingerprint density at radius 2 is 2.05 bits per heavy atom. The third kappa shape index (κ3) is 3.50. The number of hydrogen-bond acceptors (Lipinski definition) is 4. The number of nitrogens with zero attached hydrogens (tertiary/aromatic N) is 1. The van der Waals surface area contributed by atoms with Crippen LogP contribution in [-0.2, 0) is 6.54 Å². The van der Waals surface area contributed by atoms with Crippen LogP contribution < -0.4 is 10.5 Å². The predicted octanol–water partition coefficient (Wildman–Crippen LogP) is 3.24. The Labute approximate surface area is 120 Å². The summed E-state index contributed by atoms with van der Waals surface area (Å²) in [5, 5.41) is 2.08. The van der Waals surface area contributed by atoms with Gasteiger partial charge in [0.15, 0.2) is 0 Å². The highest BCUT2D eigenvalue weighted by atomic mass is 32.1. The molecule has 108 valence electrons. The lowest BCUT2D eigenvalue weighted by Gasteiger charge is -2.39. The van der Waals surface area contributed by atoms with Crippen LogP contribution in [0.15, 0.2) is 11.4 Å². The Balaban J connectivity index is 2.07. The second-order valence-corrected chi connectivity index (χ2v) is 6.14. The van der Waals surface area contributed by atoms with E-state index in [0.717, 1.165) is 18.8 Å². The van der Waals surface area contributed by atoms with Crippen LogP contribution in [0.1, 0.15) is 44.4 Å². The number of rotatable bonds is 6. The Kier molecular flexibility index (Phi) is 5.67. The molecule has 0 bridgehead atoms. The van der Waals surface area contributed by atoms with Crippen molar-refractivity contribution in [2.24, 2.45) is 5.73 Å². The molecule has 1 aliphatic carbocycles. The number of thiophene rings is 1. The molecule has 2 atom stereocenters. The van der Waals surface area contributed by atoms with Crippen LogP contribution in [0.2, 0.25) is 0 Å². The van der Waals surface area contributed by atoms with Crippen LogP contribution in [0.4, 0.5) is 0 Å². The van der Waals surface area contributed by atoms with Crippen LogP contribution in [0.3, 0.4) is 0 Å². The lowest BCUT2D eigenvalue weighted by Crippen LogP contribution is -2.47. The molecule has 4 heteroatoms. The SMILES string of the molecule is CCN(CC)C1CCCCC1Oc1ccsc1CN. The third-order valence-corrected chi connectivity index (χ3v) is 5.04. The number of hydrogen-bond donors (Lipinski definition) is 1. The summed E-state index contributed by atoms with van der Waals surface area (Å²) < 4.78 is 6.30. The van der Waals surface area contributed by atoms with Gasteiger partial charge in [0.25, 0.3) is 0 Å². The molecule has 0 spiro atoms. The predicted molar refractivity (Wildman–Crippen MR) is 81.8 cm³/mol. The Hall–Kier alpha value is -0.580. The molecule has 1 saturated carbocycles. The monoisotopic (exact) mass is 282 g/mol. The van der Waals surface area contributed by atoms with Crippen molar-refractivity contribution in [3.8, 4) is 5.75 Å². The second-order valence-electron chi connectivity index (χ2n) is 5.14. The van der Waals surface area contributed by atoms with Gasteiger partial charge in [-0.25, -0.2) is 0 Å². The average Bonchev–Trinajstić information content (AvgIpc) is 2.89. The maximum absolute atomic E-state index is 6.30. The van der Waals surface area contributed by atoms with Crippen molar-refractivity contribution in [2.75, 3.05) is 13.1 Å². The van der Waals surface area contributed by atoms with E-state index >= 15 is 0 Å². The molecule has 0 aromatic carbocycles. The van der Waals surface area contributed by atoms with Gasteiger partial charge < -0.3 is 10.5 Å². The molecular weight excluding hydrogens is 256 g/mol. The normalized spacial score (nSPS) is 23.8. The van der Waals surface area contributed by atoms with Crippen molar-refractivity contribution in [3.63, 3.8) is 0 Å². The van der Waals surface area contributed by atoms with Crippen molar-refractivity contribution in [3.05, 3.63) is 16.3 Å². The first-order chi connectivity index (χ1) is 9.30. The zero-order chi connectivity index (χ0) is 13.7. The van der Waals surface area contributed by atoms with Gasteiger partial charge in [0.2, 0.25) is 0 Å². The van der Waals surface area contributed by atoms with Gasteiger partial charge >= 0.3 is 0 Å². The summed E-state index contributed by atoms with van der Waals surface area (Å²) in [6.07, 6.45) is 5.36. The molecule has 0 saturated heterocycles. The fourth-order valence-corrected chi connectivity index (χ4v) is 3.76. The number of nitrogens with two attached hydrogens (primary N) is 1. The number of likely N-dealkylation sites (N-methyl/N-ethyl adjacent to an activating group) is 1. The zero-order valence-electron chi connectivity index (χ0n) is 12.1. The van der Waals surface area contributed by atoms with E-state index in [2.05, 4.69) is 30.2 Å². The maximum atomic E-state index is 6.30. The van der Waals surface area contributed by atoms with E-state index in [-0.39, 0.29) is 0 Å². The summed E-state index contributed by atoms with van der Waals surface area (Å²) in [6.45, 7) is 7.27. The fourth-order valence-electron chi connectivity index (χ4n) is 3.07. The van der Waals surface area contributed by atoms with E-state index in [1.54, 1.807) is 11.3 Å². The van der Waals surface area contributed by atoms with E-state index in [0.29, 0.717) is 18.7 Å². The Morgan fingerprint density at radius 1 is 1.32 bits per heavy atom. The smallest absolute Gasteiger partial charge is 0.134 e. The van der Waals surface area contributed by atoms with Gasteiger partial charge in [-0.3, -0.25) is 4.90 Å². The summed E-state index contributed by atoms with van der Waals surface area (Å²) >= 11 is 1.70. The van der Waals surface area contributed by atoms with Gasteiger partial charge in [0.1, 0.15) is 11.9 Å². The first-order valence-corrected chi connectivity index (χ1v) is 8.35. The van der Waals surface area contributed by atoms with Gasteiger partial charge in [-0.2, -0.15) is 0 Å². The maximum Gasteiger partial charge on any atom is 0.134 e. The third-order valence-electron chi connectivity index (χ3n) is 4.12. The van der Waals surface area contributed by atoms with Crippen LogP contribution in [0.25, 0.3) is 0 Å². The highest BCUT2D eigenvalue weighted by molar-refractivity contribution is 7.10. The van der Waals surface area contributed by atoms with E-state index in [1.165, 1.54) is 30.6 Å². The van der Waals surface area contributed by atoms with Crippen molar-refractivity contribution in [2.45, 2.75) is 58.2 Å². The van der Waals surface area contributed by atoms with Gasteiger partial charge in [-0.05, 0) is 43.8 Å². The quantitative estimate of drug-likeness (QED) is 0.870. The molecule has 2 rings (SSSR count). The summed E-state index contributed by atoms with van der Waals surface area (Å²) in [5.41, 5.74) is 5.77. The lowest BCUT2D eigenvalue weighted by molar-refractivity contribution is 0.0410. The average molecular weight is 282 g/mol.